The maximum Gasteiger partial charge on any atom is 0.417 e. The number of imide groups is 1. The molecular formula is C39H43F6N7O5S. The van der Waals surface area contributed by atoms with Crippen LogP contribution in [0.25, 0.3) is 0 Å². The monoisotopic (exact) mass is 835 g/mol. The van der Waals surface area contributed by atoms with Crippen LogP contribution in [0.4, 0.5) is 37.7 Å². The van der Waals surface area contributed by atoms with E-state index in [0.29, 0.717) is 43.4 Å². The predicted molar refractivity (Wildman–Crippen MR) is 202 cm³/mol. The molecule has 312 valence electrons. The number of benzene rings is 2. The third-order valence-electron chi connectivity index (χ3n) is 11.3. The van der Waals surface area contributed by atoms with Gasteiger partial charge in [-0.3, -0.25) is 39.2 Å². The normalized spacial score (nSPS) is 24.8. The van der Waals surface area contributed by atoms with Crippen LogP contribution >= 0.6 is 12.2 Å². The van der Waals surface area contributed by atoms with E-state index in [1.807, 2.05) is 0 Å². The van der Waals surface area contributed by atoms with Crippen molar-refractivity contribution in [2.45, 2.75) is 94.4 Å². The Morgan fingerprint density at radius 2 is 1.69 bits per heavy atom. The van der Waals surface area contributed by atoms with Crippen molar-refractivity contribution in [2.24, 2.45) is 0 Å². The van der Waals surface area contributed by atoms with E-state index < -0.39 is 65.2 Å². The molecule has 6 rings (SSSR count). The molecule has 12 nitrogen and oxygen atoms in total. The summed E-state index contributed by atoms with van der Waals surface area (Å²) < 4.78 is 89.9. The van der Waals surface area contributed by atoms with Crippen LogP contribution < -0.4 is 15.5 Å². The molecule has 3 heterocycles. The highest BCUT2D eigenvalue weighted by Gasteiger charge is 2.53. The number of amides is 4. The third-order valence-corrected chi connectivity index (χ3v) is 11.7. The van der Waals surface area contributed by atoms with Gasteiger partial charge in [0.1, 0.15) is 11.6 Å². The maximum absolute atomic E-state index is 14.2. The van der Waals surface area contributed by atoms with E-state index in [4.69, 9.17) is 17.0 Å². The Bertz CT molecular complexity index is 1960. The van der Waals surface area contributed by atoms with Gasteiger partial charge in [-0.05, 0) is 94.1 Å². The Hall–Kier alpha value is -4.64. The second-order valence-electron chi connectivity index (χ2n) is 15.5. The number of nitrogens with one attached hydrogen (secondary N) is 2. The van der Waals surface area contributed by atoms with Gasteiger partial charge in [0.05, 0.1) is 48.1 Å². The van der Waals surface area contributed by atoms with Crippen LogP contribution in [-0.2, 0) is 30.1 Å². The lowest BCUT2D eigenvalue weighted by Crippen LogP contribution is -2.60. The summed E-state index contributed by atoms with van der Waals surface area (Å²) in [6, 6.07) is 8.90. The number of alkyl halides is 6. The fraction of sp³-hybridized carbons (Fsp3) is 0.538. The number of piperazine rings is 1. The van der Waals surface area contributed by atoms with Gasteiger partial charge < -0.3 is 15.0 Å². The van der Waals surface area contributed by atoms with Gasteiger partial charge in [-0.1, -0.05) is 12.1 Å². The standard InChI is InChI=1S/C39H43F6N7O5S/c1-37(2)35(56)51(27-8-5-24(20-46)30(19-27)38(40,41)42)36(58)52(37)26-9-11-28(12-10-26)57-18-17-49-15-16-50(31(21-49)39(43,44)45)22-33(54)47-25-6-3-23(4-7-25)29-13-14-32(53)48-34(29)55/h3-8,19,26,28-29,31H,9-18,21-22H2,1-2H3,(H,47,54)(H,48,53,55)/t26?,28?,29?,31-/m0/s1. The van der Waals surface area contributed by atoms with Gasteiger partial charge in [0.2, 0.25) is 17.7 Å². The predicted octanol–water partition coefficient (Wildman–Crippen LogP) is 5.32. The minimum Gasteiger partial charge on any atom is -0.377 e. The summed E-state index contributed by atoms with van der Waals surface area (Å²) in [6.45, 7) is 3.19. The van der Waals surface area contributed by atoms with Crippen molar-refractivity contribution in [1.82, 2.24) is 20.0 Å². The SMILES string of the molecule is CC1(C)C(=O)N(c2ccc(C#N)c(C(F)(F)F)c2)C(=S)N1C1CCC(OCCN2CCN(CC(=O)Nc3ccc(C4CCC(=O)NC4=O)cc3)[C@H](C(F)(F)F)C2)CC1. The zero-order valence-corrected chi connectivity index (χ0v) is 32.6. The summed E-state index contributed by atoms with van der Waals surface area (Å²) in [6.07, 6.45) is -6.80. The molecule has 2 aromatic carbocycles. The number of carbonyl (C=O) groups is 4. The Balaban J connectivity index is 0.970. The number of carbonyl (C=O) groups excluding carboxylic acids is 4. The van der Waals surface area contributed by atoms with Gasteiger partial charge in [-0.2, -0.15) is 31.6 Å². The molecular weight excluding hydrogens is 793 g/mol. The summed E-state index contributed by atoms with van der Waals surface area (Å²) in [7, 11) is 0. The van der Waals surface area contributed by atoms with Crippen LogP contribution in [0.3, 0.4) is 0 Å². The average Bonchev–Trinajstić information content (AvgIpc) is 3.33. The highest BCUT2D eigenvalue weighted by Crippen LogP contribution is 2.41. The summed E-state index contributed by atoms with van der Waals surface area (Å²) in [5, 5.41) is 14.2. The fourth-order valence-corrected chi connectivity index (χ4v) is 8.81. The number of thiocarbonyl (C=S) groups is 1. The van der Waals surface area contributed by atoms with Gasteiger partial charge in [0.15, 0.2) is 5.11 Å². The van der Waals surface area contributed by atoms with Crippen molar-refractivity contribution in [2.75, 3.05) is 49.5 Å². The molecule has 2 aromatic rings. The van der Waals surface area contributed by atoms with Crippen LogP contribution in [0.5, 0.6) is 0 Å². The van der Waals surface area contributed by atoms with Gasteiger partial charge in [-0.15, -0.1) is 0 Å². The van der Waals surface area contributed by atoms with E-state index in [-0.39, 0.29) is 68.1 Å². The van der Waals surface area contributed by atoms with Crippen LogP contribution in [-0.4, -0.2) is 113 Å². The number of anilines is 2. The largest absolute Gasteiger partial charge is 0.417 e. The van der Waals surface area contributed by atoms with Gasteiger partial charge in [-0.25, -0.2) is 0 Å². The summed E-state index contributed by atoms with van der Waals surface area (Å²) in [5.41, 5.74) is -1.95. The second kappa shape index (κ2) is 16.9. The van der Waals surface area contributed by atoms with Crippen molar-refractivity contribution in [3.05, 3.63) is 59.2 Å². The van der Waals surface area contributed by atoms with Crippen molar-refractivity contribution < 1.29 is 50.3 Å². The van der Waals surface area contributed by atoms with Crippen molar-refractivity contribution in [3.8, 4) is 6.07 Å². The topological polar surface area (TPSA) is 138 Å². The zero-order valence-electron chi connectivity index (χ0n) is 31.8. The van der Waals surface area contributed by atoms with Gasteiger partial charge in [0, 0.05) is 44.3 Å². The Kier molecular flexibility index (Phi) is 12.5. The molecule has 4 amide bonds. The van der Waals surface area contributed by atoms with Crippen molar-refractivity contribution in [1.29, 1.82) is 5.26 Å². The van der Waals surface area contributed by atoms with Crippen LogP contribution in [0.1, 0.15) is 75.0 Å². The molecule has 2 N–H and O–H groups in total. The van der Waals surface area contributed by atoms with Gasteiger partial charge >= 0.3 is 12.4 Å². The van der Waals surface area contributed by atoms with Crippen LogP contribution in [0.2, 0.25) is 0 Å². The molecule has 0 aromatic heterocycles. The number of nitrogens with zero attached hydrogens (tertiary/aromatic N) is 5. The molecule has 19 heteroatoms. The molecule has 3 aliphatic heterocycles. The summed E-state index contributed by atoms with van der Waals surface area (Å²) >= 11 is 5.67. The molecule has 2 atom stereocenters. The first-order valence-corrected chi connectivity index (χ1v) is 19.4. The maximum atomic E-state index is 14.2. The summed E-state index contributed by atoms with van der Waals surface area (Å²) in [5.74, 6) is -2.35. The lowest BCUT2D eigenvalue weighted by atomic mass is 9.89. The number of rotatable bonds is 10. The fourth-order valence-electron chi connectivity index (χ4n) is 8.25. The smallest absolute Gasteiger partial charge is 0.377 e. The van der Waals surface area contributed by atoms with Crippen molar-refractivity contribution >= 4 is 52.3 Å². The highest BCUT2D eigenvalue weighted by molar-refractivity contribution is 7.80. The van der Waals surface area contributed by atoms with E-state index in [9.17, 15) is 50.8 Å². The Labute approximate surface area is 336 Å². The highest BCUT2D eigenvalue weighted by atomic mass is 32.1. The molecule has 3 saturated heterocycles. The number of nitriles is 1. The molecule has 1 aliphatic carbocycles. The van der Waals surface area contributed by atoms with Crippen LogP contribution in [0, 0.1) is 11.3 Å². The molecule has 1 unspecified atom stereocenters. The average molecular weight is 836 g/mol. The van der Waals surface area contributed by atoms with Crippen molar-refractivity contribution in [3.63, 3.8) is 0 Å². The molecule has 0 radical (unpaired) electrons. The van der Waals surface area contributed by atoms with E-state index in [1.54, 1.807) is 47.9 Å². The number of hydrogen-bond acceptors (Lipinski definition) is 9. The first-order valence-electron chi connectivity index (χ1n) is 19.0. The number of piperidine rings is 1. The third kappa shape index (κ3) is 9.30. The van der Waals surface area contributed by atoms with E-state index >= 15 is 0 Å². The number of halogens is 6. The number of hydrogen-bond donors (Lipinski definition) is 2. The molecule has 4 aliphatic rings. The molecule has 0 spiro atoms. The molecule has 4 fully saturated rings. The Morgan fingerprint density at radius 3 is 2.31 bits per heavy atom. The van der Waals surface area contributed by atoms with E-state index in [0.717, 1.165) is 21.9 Å². The molecule has 0 bridgehead atoms. The number of ether oxygens (including phenoxy) is 1. The lowest BCUT2D eigenvalue weighted by Gasteiger charge is -2.42. The second-order valence-corrected chi connectivity index (χ2v) is 15.9. The molecule has 1 saturated carbocycles. The summed E-state index contributed by atoms with van der Waals surface area (Å²) in [4.78, 5) is 55.6. The lowest BCUT2D eigenvalue weighted by molar-refractivity contribution is -0.197. The first-order chi connectivity index (χ1) is 27.3. The quantitative estimate of drug-likeness (QED) is 0.184. The van der Waals surface area contributed by atoms with E-state index in [2.05, 4.69) is 10.6 Å². The Morgan fingerprint density at radius 1 is 1.00 bits per heavy atom. The van der Waals surface area contributed by atoms with Gasteiger partial charge in [0.25, 0.3) is 5.91 Å². The zero-order chi connectivity index (χ0) is 42.2. The minimum atomic E-state index is -4.81. The van der Waals surface area contributed by atoms with Crippen LogP contribution in [0.15, 0.2) is 42.5 Å². The first kappa shape index (κ1) is 43.0. The minimum absolute atomic E-state index is 0.00158. The van der Waals surface area contributed by atoms with E-state index in [1.165, 1.54) is 12.1 Å². The molecule has 58 heavy (non-hydrogen) atoms.